The molecule has 5 nitrogen and oxygen atoms in total. The summed E-state index contributed by atoms with van der Waals surface area (Å²) in [6.07, 6.45) is -11.7. The Labute approximate surface area is 191 Å². The summed E-state index contributed by atoms with van der Waals surface area (Å²) >= 11 is 1.96. The van der Waals surface area contributed by atoms with E-state index in [9.17, 15) is 35.9 Å². The van der Waals surface area contributed by atoms with Crippen LogP contribution in [0.2, 0.25) is 0 Å². The minimum atomic E-state index is -6.10. The van der Waals surface area contributed by atoms with Crippen LogP contribution in [0.3, 0.4) is 0 Å². The van der Waals surface area contributed by atoms with Gasteiger partial charge in [0.05, 0.1) is 5.56 Å². The van der Waals surface area contributed by atoms with Gasteiger partial charge in [0.15, 0.2) is 0 Å². The Morgan fingerprint density at radius 2 is 1.50 bits per heavy atom. The zero-order chi connectivity index (χ0) is 24.5. The summed E-state index contributed by atoms with van der Waals surface area (Å²) in [7, 11) is 0. The number of carbonyl (C=O) groups excluding carboxylic acids is 2. The van der Waals surface area contributed by atoms with Crippen LogP contribution in [0.5, 0.6) is 5.75 Å². The second-order valence-electron chi connectivity index (χ2n) is 7.10. The summed E-state index contributed by atoms with van der Waals surface area (Å²) in [4.78, 5) is 24.2. The second-order valence-corrected chi connectivity index (χ2v) is 9.48. The highest BCUT2D eigenvalue weighted by atomic mass is 127. The van der Waals surface area contributed by atoms with Crippen molar-refractivity contribution in [3.8, 4) is 5.75 Å². The molecule has 0 radical (unpaired) electrons. The van der Waals surface area contributed by atoms with Crippen LogP contribution in [0.25, 0.3) is 10.8 Å². The standard InChI is InChI=1S/C20H17F6IO5/c1-3-17(2,27)16(29)32-14-7-6-11-8-13(5-4-12(11)9-14)15(28)31-10-18(30,19(21,22)23)20(24,25)26/h4-9,30H,3,10H2,1-2H3. The summed E-state index contributed by atoms with van der Waals surface area (Å²) in [5.41, 5.74) is -5.53. The summed E-state index contributed by atoms with van der Waals surface area (Å²) in [6, 6.07) is 8.00. The molecule has 12 heteroatoms. The lowest BCUT2D eigenvalue weighted by molar-refractivity contribution is -0.374. The van der Waals surface area contributed by atoms with E-state index in [1.807, 2.05) is 29.5 Å². The lowest BCUT2D eigenvalue weighted by Gasteiger charge is -2.31. The van der Waals surface area contributed by atoms with Crippen LogP contribution in [-0.2, 0) is 9.53 Å². The van der Waals surface area contributed by atoms with Crippen molar-refractivity contribution in [2.45, 2.75) is 41.6 Å². The van der Waals surface area contributed by atoms with Gasteiger partial charge in [-0.2, -0.15) is 26.3 Å². The molecule has 176 valence electrons. The molecule has 0 aliphatic carbocycles. The molecule has 0 heterocycles. The number of rotatable bonds is 6. The number of hydrogen-bond donors (Lipinski definition) is 1. The van der Waals surface area contributed by atoms with Crippen molar-refractivity contribution < 1.29 is 50.5 Å². The van der Waals surface area contributed by atoms with Gasteiger partial charge in [-0.15, -0.1) is 0 Å². The number of alkyl halides is 7. The first-order valence-corrected chi connectivity index (χ1v) is 10.1. The van der Waals surface area contributed by atoms with Gasteiger partial charge in [-0.25, -0.2) is 4.79 Å². The fourth-order valence-electron chi connectivity index (χ4n) is 2.35. The van der Waals surface area contributed by atoms with Crippen LogP contribution < -0.4 is 4.74 Å². The first-order chi connectivity index (χ1) is 14.5. The highest BCUT2D eigenvalue weighted by Gasteiger charge is 2.71. The Kier molecular flexibility index (Phi) is 7.39. The van der Waals surface area contributed by atoms with Crippen molar-refractivity contribution >= 4 is 45.3 Å². The van der Waals surface area contributed by atoms with Gasteiger partial charge in [-0.05, 0) is 48.4 Å². The van der Waals surface area contributed by atoms with E-state index in [4.69, 9.17) is 9.84 Å². The Morgan fingerprint density at radius 3 is 2.03 bits per heavy atom. The van der Waals surface area contributed by atoms with Gasteiger partial charge in [-0.3, -0.25) is 4.79 Å². The molecule has 0 spiro atoms. The van der Waals surface area contributed by atoms with Crippen LogP contribution in [0, 0.1) is 0 Å². The third-order valence-electron chi connectivity index (χ3n) is 4.70. The zero-order valence-electron chi connectivity index (χ0n) is 16.6. The second kappa shape index (κ2) is 9.04. The molecule has 32 heavy (non-hydrogen) atoms. The molecule has 2 aromatic carbocycles. The third-order valence-corrected chi connectivity index (χ3v) is 5.90. The maximum atomic E-state index is 12.7. The number of aliphatic hydroxyl groups is 1. The van der Waals surface area contributed by atoms with Crippen molar-refractivity contribution in [2.75, 3.05) is 6.61 Å². The van der Waals surface area contributed by atoms with Gasteiger partial charge in [0, 0.05) is 0 Å². The smallest absolute Gasteiger partial charge is 0.429 e. The molecule has 2 rings (SSSR count). The van der Waals surface area contributed by atoms with Crippen molar-refractivity contribution in [1.82, 2.24) is 0 Å². The highest BCUT2D eigenvalue weighted by Crippen LogP contribution is 2.43. The van der Waals surface area contributed by atoms with Crippen LogP contribution in [0.1, 0.15) is 30.6 Å². The number of fused-ring (bicyclic) bond motifs is 1. The largest absolute Gasteiger partial charge is 0.458 e. The van der Waals surface area contributed by atoms with Crippen LogP contribution in [0.15, 0.2) is 36.4 Å². The first kappa shape index (κ1) is 26.2. The number of hydrogen-bond acceptors (Lipinski definition) is 5. The highest BCUT2D eigenvalue weighted by molar-refractivity contribution is 14.1. The maximum Gasteiger partial charge on any atom is 0.429 e. The third kappa shape index (κ3) is 5.45. The van der Waals surface area contributed by atoms with Crippen molar-refractivity contribution in [1.29, 1.82) is 0 Å². The van der Waals surface area contributed by atoms with E-state index in [0.29, 0.717) is 17.2 Å². The Bertz CT molecular complexity index is 1000. The first-order valence-electron chi connectivity index (χ1n) is 9.00. The molecule has 0 aliphatic rings. The van der Waals surface area contributed by atoms with Gasteiger partial charge >= 0.3 is 24.3 Å². The number of esters is 2. The number of benzene rings is 2. The number of ether oxygens (including phenoxy) is 2. The molecule has 1 N–H and O–H groups in total. The molecule has 1 atom stereocenters. The molecule has 0 aromatic heterocycles. The average molecular weight is 578 g/mol. The van der Waals surface area contributed by atoms with E-state index in [1.165, 1.54) is 30.3 Å². The number of halogens is 7. The van der Waals surface area contributed by atoms with E-state index in [-0.39, 0.29) is 11.3 Å². The molecule has 1 unspecified atom stereocenters. The molecule has 2 aromatic rings. The van der Waals surface area contributed by atoms with Gasteiger partial charge in [-0.1, -0.05) is 41.6 Å². The van der Waals surface area contributed by atoms with Crippen LogP contribution in [0.4, 0.5) is 26.3 Å². The van der Waals surface area contributed by atoms with Gasteiger partial charge in [0.2, 0.25) is 0 Å². The van der Waals surface area contributed by atoms with Gasteiger partial charge < -0.3 is 14.6 Å². The zero-order valence-corrected chi connectivity index (χ0v) is 18.8. The quantitative estimate of drug-likeness (QED) is 0.164. The Hall–Kier alpha value is -2.09. The summed E-state index contributed by atoms with van der Waals surface area (Å²) in [5, 5.41) is 9.93. The fourth-order valence-corrected chi connectivity index (χ4v) is 2.46. The monoisotopic (exact) mass is 578 g/mol. The Balaban J connectivity index is 2.20. The van der Waals surface area contributed by atoms with Crippen molar-refractivity contribution in [3.05, 3.63) is 42.0 Å². The van der Waals surface area contributed by atoms with E-state index < -0.39 is 39.9 Å². The molecular formula is C20H17F6IO5. The normalized spacial score (nSPS) is 14.7. The lowest BCUT2D eigenvalue weighted by Crippen LogP contribution is -2.60. The molecule has 0 saturated heterocycles. The van der Waals surface area contributed by atoms with Crippen LogP contribution in [-0.4, -0.2) is 45.0 Å². The minimum absolute atomic E-state index is 0.217. The van der Waals surface area contributed by atoms with E-state index >= 15 is 0 Å². The molecule has 0 saturated carbocycles. The molecular weight excluding hydrogens is 561 g/mol. The predicted molar refractivity (Wildman–Crippen MR) is 110 cm³/mol. The van der Waals surface area contributed by atoms with Crippen LogP contribution >= 0.6 is 22.6 Å². The topological polar surface area (TPSA) is 72.8 Å². The average Bonchev–Trinajstić information content (AvgIpc) is 2.69. The summed E-state index contributed by atoms with van der Waals surface area (Å²) in [5.74, 6) is -1.74. The van der Waals surface area contributed by atoms with E-state index in [0.717, 1.165) is 6.07 Å². The predicted octanol–water partition coefficient (Wildman–Crippen LogP) is 5.36. The molecule has 0 fully saturated rings. The van der Waals surface area contributed by atoms with Gasteiger partial charge in [0.1, 0.15) is 15.8 Å². The number of carbonyl (C=O) groups is 2. The van der Waals surface area contributed by atoms with Gasteiger partial charge in [0.25, 0.3) is 5.60 Å². The van der Waals surface area contributed by atoms with E-state index in [2.05, 4.69) is 4.74 Å². The minimum Gasteiger partial charge on any atom is -0.458 e. The SMILES string of the molecule is CCC(C)(I)C(=O)Oc1ccc2cc(C(=O)OCC(O)(C(F)(F)F)C(F)(F)F)ccc2c1. The molecule has 0 aliphatic heterocycles. The fraction of sp³-hybridized carbons (Fsp3) is 0.400. The summed E-state index contributed by atoms with van der Waals surface area (Å²) in [6.45, 7) is 1.17. The molecule has 0 bridgehead atoms. The molecule has 0 amide bonds. The van der Waals surface area contributed by atoms with Crippen molar-refractivity contribution in [3.63, 3.8) is 0 Å². The summed E-state index contributed by atoms with van der Waals surface area (Å²) < 4.78 is 84.8. The lowest BCUT2D eigenvalue weighted by atomic mass is 10.0. The maximum absolute atomic E-state index is 12.7. The van der Waals surface area contributed by atoms with Crippen molar-refractivity contribution in [2.24, 2.45) is 0 Å². The Morgan fingerprint density at radius 1 is 0.969 bits per heavy atom. The van der Waals surface area contributed by atoms with E-state index in [1.54, 1.807) is 6.92 Å².